The fourth-order valence-electron chi connectivity index (χ4n) is 5.92. The number of nitrogens with zero attached hydrogens (tertiary/aromatic N) is 1. The van der Waals surface area contributed by atoms with Crippen LogP contribution in [0.5, 0.6) is 0 Å². The van der Waals surface area contributed by atoms with Crippen LogP contribution in [0.1, 0.15) is 38.5 Å². The minimum absolute atomic E-state index is 0.219. The van der Waals surface area contributed by atoms with E-state index in [4.69, 9.17) is 4.74 Å². The van der Waals surface area contributed by atoms with E-state index < -0.39 is 0 Å². The number of anilines is 1. The van der Waals surface area contributed by atoms with Crippen LogP contribution in [0.4, 0.5) is 5.69 Å². The Bertz CT molecular complexity index is 701. The molecule has 1 heterocycles. The molecule has 6 rings (SSSR count). The van der Waals surface area contributed by atoms with Gasteiger partial charge in [-0.05, 0) is 80.5 Å². The molecule has 0 aliphatic heterocycles. The maximum Gasteiger partial charge on any atom is 0.0722 e. The Hall–Kier alpha value is -1.61. The molecular formula is C21H26N2O. The summed E-state index contributed by atoms with van der Waals surface area (Å²) >= 11 is 0. The van der Waals surface area contributed by atoms with Gasteiger partial charge in [-0.3, -0.25) is 4.98 Å². The van der Waals surface area contributed by atoms with E-state index in [-0.39, 0.29) is 5.60 Å². The predicted octanol–water partition coefficient (Wildman–Crippen LogP) is 4.63. The van der Waals surface area contributed by atoms with Crippen molar-refractivity contribution < 1.29 is 4.74 Å². The Morgan fingerprint density at radius 1 is 1.00 bits per heavy atom. The largest absolute Gasteiger partial charge is 0.382 e. The van der Waals surface area contributed by atoms with Gasteiger partial charge in [0.25, 0.3) is 0 Å². The van der Waals surface area contributed by atoms with Crippen molar-refractivity contribution in [2.24, 2.45) is 17.8 Å². The highest BCUT2D eigenvalue weighted by atomic mass is 16.5. The van der Waals surface area contributed by atoms with Crippen molar-refractivity contribution in [3.05, 3.63) is 36.5 Å². The van der Waals surface area contributed by atoms with Crippen LogP contribution in [-0.4, -0.2) is 23.7 Å². The van der Waals surface area contributed by atoms with Gasteiger partial charge in [-0.25, -0.2) is 0 Å². The van der Waals surface area contributed by atoms with Gasteiger partial charge < -0.3 is 10.1 Å². The van der Waals surface area contributed by atoms with Gasteiger partial charge >= 0.3 is 0 Å². The monoisotopic (exact) mass is 322 g/mol. The van der Waals surface area contributed by atoms with Crippen LogP contribution >= 0.6 is 0 Å². The third-order valence-electron chi connectivity index (χ3n) is 6.45. The molecule has 0 spiro atoms. The van der Waals surface area contributed by atoms with Gasteiger partial charge in [-0.15, -0.1) is 0 Å². The molecule has 4 fully saturated rings. The number of pyridine rings is 1. The van der Waals surface area contributed by atoms with Crippen molar-refractivity contribution in [3.8, 4) is 0 Å². The molecule has 1 N–H and O–H groups in total. The van der Waals surface area contributed by atoms with E-state index in [9.17, 15) is 0 Å². The zero-order valence-corrected chi connectivity index (χ0v) is 14.2. The van der Waals surface area contributed by atoms with Crippen molar-refractivity contribution in [3.63, 3.8) is 0 Å². The van der Waals surface area contributed by atoms with Crippen LogP contribution in [0.15, 0.2) is 36.5 Å². The molecule has 0 unspecified atom stereocenters. The molecule has 3 nitrogen and oxygen atoms in total. The maximum absolute atomic E-state index is 6.50. The zero-order chi connectivity index (χ0) is 16.0. The molecule has 3 heteroatoms. The van der Waals surface area contributed by atoms with Gasteiger partial charge in [0.2, 0.25) is 0 Å². The summed E-state index contributed by atoms with van der Waals surface area (Å²) in [4.78, 5) is 4.43. The fourth-order valence-corrected chi connectivity index (χ4v) is 5.92. The summed E-state index contributed by atoms with van der Waals surface area (Å²) in [6.07, 6.45) is 10.2. The highest BCUT2D eigenvalue weighted by Crippen LogP contribution is 2.57. The van der Waals surface area contributed by atoms with Crippen LogP contribution in [-0.2, 0) is 4.74 Å². The Kier molecular flexibility index (Phi) is 3.51. The molecule has 4 aliphatic carbocycles. The number of rotatable bonds is 5. The van der Waals surface area contributed by atoms with Crippen LogP contribution < -0.4 is 5.32 Å². The Labute approximate surface area is 143 Å². The molecule has 126 valence electrons. The highest BCUT2D eigenvalue weighted by Gasteiger charge is 2.51. The summed E-state index contributed by atoms with van der Waals surface area (Å²) < 4.78 is 6.50. The number of aromatic nitrogens is 1. The van der Waals surface area contributed by atoms with Gasteiger partial charge in [-0.1, -0.05) is 6.07 Å². The van der Waals surface area contributed by atoms with E-state index in [1.165, 1.54) is 43.9 Å². The molecule has 0 amide bonds. The third-order valence-corrected chi connectivity index (χ3v) is 6.45. The quantitative estimate of drug-likeness (QED) is 0.815. The lowest BCUT2D eigenvalue weighted by molar-refractivity contribution is -0.159. The lowest BCUT2D eigenvalue weighted by atomic mass is 9.54. The minimum atomic E-state index is 0.219. The Morgan fingerprint density at radius 3 is 2.50 bits per heavy atom. The molecule has 0 atom stereocenters. The lowest BCUT2D eigenvalue weighted by Gasteiger charge is -2.56. The zero-order valence-electron chi connectivity index (χ0n) is 14.2. The summed E-state index contributed by atoms with van der Waals surface area (Å²) in [5.74, 6) is 2.86. The number of hydrogen-bond acceptors (Lipinski definition) is 3. The molecule has 1 aromatic carbocycles. The number of benzene rings is 1. The molecule has 4 saturated carbocycles. The summed E-state index contributed by atoms with van der Waals surface area (Å²) in [7, 11) is 0. The summed E-state index contributed by atoms with van der Waals surface area (Å²) in [5.41, 5.74) is 2.43. The topological polar surface area (TPSA) is 34.1 Å². The number of ether oxygens (including phenoxy) is 1. The Balaban J connectivity index is 1.21. The smallest absolute Gasteiger partial charge is 0.0722 e. The molecule has 0 radical (unpaired) electrons. The molecule has 24 heavy (non-hydrogen) atoms. The standard InChI is InChI=1S/C21H26N2O/c1-4-19-18(3-2-6-22-19)20(5-1)23-7-8-24-21-12-15-9-16(13-21)11-17(10-15)14-21/h1-6,15-17,23H,7-14H2. The van der Waals surface area contributed by atoms with E-state index in [1.54, 1.807) is 0 Å². The summed E-state index contributed by atoms with van der Waals surface area (Å²) in [6, 6.07) is 10.4. The molecule has 4 aliphatic rings. The SMILES string of the molecule is c1cc(NCCOC23CC4CC(CC(C4)C2)C3)c2cccnc2c1. The average molecular weight is 322 g/mol. The van der Waals surface area contributed by atoms with Crippen LogP contribution in [0, 0.1) is 17.8 Å². The first kappa shape index (κ1) is 14.7. The minimum Gasteiger partial charge on any atom is -0.382 e. The van der Waals surface area contributed by atoms with Gasteiger partial charge in [0.1, 0.15) is 0 Å². The average Bonchev–Trinajstić information content (AvgIpc) is 2.58. The molecule has 1 aromatic heterocycles. The highest BCUT2D eigenvalue weighted by molar-refractivity contribution is 5.91. The normalized spacial score (nSPS) is 33.9. The van der Waals surface area contributed by atoms with E-state index in [0.29, 0.717) is 0 Å². The van der Waals surface area contributed by atoms with Crippen LogP contribution in [0.3, 0.4) is 0 Å². The van der Waals surface area contributed by atoms with Crippen molar-refractivity contribution >= 4 is 16.6 Å². The summed E-state index contributed by atoms with van der Waals surface area (Å²) in [6.45, 7) is 1.68. The first-order valence-corrected chi connectivity index (χ1v) is 9.51. The lowest BCUT2D eigenvalue weighted by Crippen LogP contribution is -2.52. The van der Waals surface area contributed by atoms with E-state index in [0.717, 1.165) is 42.1 Å². The Morgan fingerprint density at radius 2 is 1.75 bits per heavy atom. The van der Waals surface area contributed by atoms with Crippen LogP contribution in [0.25, 0.3) is 10.9 Å². The molecule has 0 saturated heterocycles. The number of nitrogens with one attached hydrogen (secondary N) is 1. The second-order valence-corrected chi connectivity index (χ2v) is 8.25. The van der Waals surface area contributed by atoms with Crippen LogP contribution in [0.2, 0.25) is 0 Å². The summed E-state index contributed by atoms with van der Waals surface area (Å²) in [5, 5.41) is 4.74. The van der Waals surface area contributed by atoms with Gasteiger partial charge in [-0.2, -0.15) is 0 Å². The first-order valence-electron chi connectivity index (χ1n) is 9.51. The van der Waals surface area contributed by atoms with E-state index in [2.05, 4.69) is 34.6 Å². The van der Waals surface area contributed by atoms with Crippen molar-refractivity contribution in [1.29, 1.82) is 0 Å². The van der Waals surface area contributed by atoms with Gasteiger partial charge in [0.05, 0.1) is 17.7 Å². The maximum atomic E-state index is 6.50. The number of hydrogen-bond donors (Lipinski definition) is 1. The number of fused-ring (bicyclic) bond motifs is 1. The van der Waals surface area contributed by atoms with Crippen molar-refractivity contribution in [2.45, 2.75) is 44.1 Å². The van der Waals surface area contributed by atoms with E-state index in [1.807, 2.05) is 12.3 Å². The third kappa shape index (κ3) is 2.59. The predicted molar refractivity (Wildman–Crippen MR) is 97.1 cm³/mol. The first-order chi connectivity index (χ1) is 11.8. The second kappa shape index (κ2) is 5.73. The molecular weight excluding hydrogens is 296 g/mol. The molecule has 4 bridgehead atoms. The van der Waals surface area contributed by atoms with Crippen molar-refractivity contribution in [2.75, 3.05) is 18.5 Å². The molecule has 2 aromatic rings. The fraction of sp³-hybridized carbons (Fsp3) is 0.571. The van der Waals surface area contributed by atoms with E-state index >= 15 is 0 Å². The van der Waals surface area contributed by atoms with Gasteiger partial charge in [0, 0.05) is 23.8 Å². The second-order valence-electron chi connectivity index (χ2n) is 8.25. The van der Waals surface area contributed by atoms with Crippen molar-refractivity contribution in [1.82, 2.24) is 4.98 Å². The van der Waals surface area contributed by atoms with Gasteiger partial charge in [0.15, 0.2) is 0 Å².